The third kappa shape index (κ3) is 7.74. The van der Waals surface area contributed by atoms with Gasteiger partial charge < -0.3 is 15.5 Å². The van der Waals surface area contributed by atoms with E-state index in [1.165, 1.54) is 6.07 Å². The van der Waals surface area contributed by atoms with Crippen LogP contribution in [0.5, 0.6) is 0 Å². The lowest BCUT2D eigenvalue weighted by Crippen LogP contribution is -3.11. The third-order valence-corrected chi connectivity index (χ3v) is 3.32. The van der Waals surface area contributed by atoms with E-state index < -0.39 is 22.7 Å². The Bertz CT molecular complexity index is 642. The lowest BCUT2D eigenvalue weighted by molar-refractivity contribution is -0.862. The lowest BCUT2D eigenvalue weighted by atomic mass is 10.1. The molecule has 0 aliphatic carbocycles. The fraction of sp³-hybridized carbons (Fsp3) is 0.500. The summed E-state index contributed by atoms with van der Waals surface area (Å²) in [5.74, 6) is -0.722. The van der Waals surface area contributed by atoms with Crippen LogP contribution in [0.2, 0.25) is 5.02 Å². The summed E-state index contributed by atoms with van der Waals surface area (Å²) in [6, 6.07) is 3.15. The van der Waals surface area contributed by atoms with Crippen LogP contribution in [0.4, 0.5) is 18.9 Å². The molecule has 9 heteroatoms. The minimum Gasteiger partial charge on any atom is -0.347 e. The van der Waals surface area contributed by atoms with E-state index in [0.717, 1.165) is 12.1 Å². The Hall–Kier alpha value is -1.80. The van der Waals surface area contributed by atoms with E-state index in [1.807, 2.05) is 20.8 Å². The molecule has 3 N–H and O–H groups in total. The molecule has 0 spiro atoms. The molecule has 0 radical (unpaired) electrons. The van der Waals surface area contributed by atoms with Crippen LogP contribution in [0, 0.1) is 0 Å². The van der Waals surface area contributed by atoms with Gasteiger partial charge in [0.25, 0.3) is 11.8 Å². The number of alkyl halides is 3. The first-order valence-corrected chi connectivity index (χ1v) is 7.94. The van der Waals surface area contributed by atoms with E-state index >= 15 is 0 Å². The van der Waals surface area contributed by atoms with Crippen molar-refractivity contribution in [2.45, 2.75) is 32.5 Å². The van der Waals surface area contributed by atoms with Crippen molar-refractivity contribution >= 4 is 29.1 Å². The Kier molecular flexibility index (Phi) is 6.84. The van der Waals surface area contributed by atoms with Crippen molar-refractivity contribution in [3.05, 3.63) is 28.8 Å². The predicted molar refractivity (Wildman–Crippen MR) is 89.6 cm³/mol. The van der Waals surface area contributed by atoms with Crippen LogP contribution in [-0.4, -0.2) is 37.5 Å². The average Bonchev–Trinajstić information content (AvgIpc) is 2.36. The largest absolute Gasteiger partial charge is 0.417 e. The number of benzene rings is 1. The van der Waals surface area contributed by atoms with Crippen LogP contribution in [0.1, 0.15) is 26.3 Å². The molecule has 0 aromatic heterocycles. The lowest BCUT2D eigenvalue weighted by Gasteiger charge is -2.21. The molecule has 0 fully saturated rings. The molecule has 2 amide bonds. The molecule has 1 atom stereocenters. The zero-order valence-electron chi connectivity index (χ0n) is 14.5. The number of halogens is 4. The minimum atomic E-state index is -4.61. The summed E-state index contributed by atoms with van der Waals surface area (Å²) in [6.07, 6.45) is -4.61. The van der Waals surface area contributed by atoms with Gasteiger partial charge in [0.05, 0.1) is 17.6 Å². The number of amides is 2. The molecule has 1 aromatic carbocycles. The molecule has 1 aromatic rings. The van der Waals surface area contributed by atoms with Gasteiger partial charge in [0.1, 0.15) is 0 Å². The molecule has 1 unspecified atom stereocenters. The van der Waals surface area contributed by atoms with E-state index in [2.05, 4.69) is 10.6 Å². The molecular formula is C16H22ClF3N3O2+. The molecule has 1 rings (SSSR count). The maximum absolute atomic E-state index is 12.8. The molecule has 0 heterocycles. The van der Waals surface area contributed by atoms with Gasteiger partial charge >= 0.3 is 6.18 Å². The van der Waals surface area contributed by atoms with Crippen LogP contribution in [-0.2, 0) is 15.8 Å². The first-order valence-electron chi connectivity index (χ1n) is 7.57. The molecule has 140 valence electrons. The highest BCUT2D eigenvalue weighted by atomic mass is 35.5. The van der Waals surface area contributed by atoms with E-state index in [0.29, 0.717) is 4.90 Å². The van der Waals surface area contributed by atoms with Crippen molar-refractivity contribution in [3.63, 3.8) is 0 Å². The third-order valence-electron chi connectivity index (χ3n) is 2.99. The van der Waals surface area contributed by atoms with Gasteiger partial charge in [0, 0.05) is 11.2 Å². The number of anilines is 1. The zero-order chi connectivity index (χ0) is 19.4. The fourth-order valence-corrected chi connectivity index (χ4v) is 2.32. The van der Waals surface area contributed by atoms with Crippen LogP contribution < -0.4 is 15.5 Å². The zero-order valence-corrected chi connectivity index (χ0v) is 15.2. The maximum atomic E-state index is 12.8. The highest BCUT2D eigenvalue weighted by molar-refractivity contribution is 6.31. The highest BCUT2D eigenvalue weighted by Gasteiger charge is 2.33. The summed E-state index contributed by atoms with van der Waals surface area (Å²) < 4.78 is 38.4. The van der Waals surface area contributed by atoms with Gasteiger partial charge in [-0.05, 0) is 39.0 Å². The standard InChI is InChI=1S/C16H21ClF3N3O2/c1-15(2,3)22-14(25)9-23(4)8-13(24)21-10-5-6-12(17)11(7-10)16(18,19)20/h5-7H,8-9H2,1-4H3,(H,21,24)(H,22,25)/p+1. The van der Waals surface area contributed by atoms with Crippen molar-refractivity contribution in [2.24, 2.45) is 0 Å². The van der Waals surface area contributed by atoms with Crippen LogP contribution in [0.3, 0.4) is 0 Å². The molecule has 0 bridgehead atoms. The monoisotopic (exact) mass is 380 g/mol. The predicted octanol–water partition coefficient (Wildman–Crippen LogP) is 1.73. The van der Waals surface area contributed by atoms with E-state index in [9.17, 15) is 22.8 Å². The maximum Gasteiger partial charge on any atom is 0.417 e. The van der Waals surface area contributed by atoms with E-state index in [4.69, 9.17) is 11.6 Å². The van der Waals surface area contributed by atoms with Gasteiger partial charge in [-0.2, -0.15) is 13.2 Å². The quantitative estimate of drug-likeness (QED) is 0.728. The van der Waals surface area contributed by atoms with Crippen molar-refractivity contribution in [1.82, 2.24) is 5.32 Å². The average molecular weight is 381 g/mol. The Balaban J connectivity index is 2.64. The number of nitrogens with one attached hydrogen (secondary N) is 3. The normalized spacial score (nSPS) is 13.3. The Morgan fingerprint density at radius 2 is 1.68 bits per heavy atom. The van der Waals surface area contributed by atoms with Crippen molar-refractivity contribution in [2.75, 3.05) is 25.5 Å². The molecule has 5 nitrogen and oxygen atoms in total. The van der Waals surface area contributed by atoms with Gasteiger partial charge in [-0.25, -0.2) is 0 Å². The summed E-state index contributed by atoms with van der Waals surface area (Å²) in [6.45, 7) is 5.52. The fourth-order valence-electron chi connectivity index (χ4n) is 2.10. The van der Waals surface area contributed by atoms with Crippen LogP contribution in [0.25, 0.3) is 0 Å². The molecule has 0 aliphatic rings. The second-order valence-corrected chi connectivity index (χ2v) is 7.26. The van der Waals surface area contributed by atoms with Gasteiger partial charge in [-0.1, -0.05) is 11.6 Å². The van der Waals surface area contributed by atoms with Crippen LogP contribution in [0.15, 0.2) is 18.2 Å². The number of carbonyl (C=O) groups excluding carboxylic acids is 2. The number of rotatable bonds is 5. The SMILES string of the molecule is C[NH+](CC(=O)Nc1ccc(Cl)c(C(F)(F)F)c1)CC(=O)NC(C)(C)C. The van der Waals surface area contributed by atoms with Gasteiger partial charge in [-0.3, -0.25) is 9.59 Å². The van der Waals surface area contributed by atoms with Gasteiger partial charge in [-0.15, -0.1) is 0 Å². The smallest absolute Gasteiger partial charge is 0.347 e. The van der Waals surface area contributed by atoms with Crippen molar-refractivity contribution < 1.29 is 27.7 Å². The van der Waals surface area contributed by atoms with Crippen LogP contribution >= 0.6 is 11.6 Å². The summed E-state index contributed by atoms with van der Waals surface area (Å²) >= 11 is 5.53. The number of hydrogen-bond donors (Lipinski definition) is 3. The van der Waals surface area contributed by atoms with Gasteiger partial charge in [0.15, 0.2) is 13.1 Å². The highest BCUT2D eigenvalue weighted by Crippen LogP contribution is 2.36. The summed E-state index contributed by atoms with van der Waals surface area (Å²) in [5, 5.41) is 4.72. The second kappa shape index (κ2) is 8.05. The summed E-state index contributed by atoms with van der Waals surface area (Å²) in [4.78, 5) is 24.4. The minimum absolute atomic E-state index is 0.00586. The Morgan fingerprint density at radius 3 is 2.20 bits per heavy atom. The van der Waals surface area contributed by atoms with E-state index in [1.54, 1.807) is 7.05 Å². The molecule has 0 aliphatic heterocycles. The molecule has 0 saturated heterocycles. The van der Waals surface area contributed by atoms with Crippen molar-refractivity contribution in [3.8, 4) is 0 Å². The Morgan fingerprint density at radius 1 is 1.12 bits per heavy atom. The number of hydrogen-bond acceptors (Lipinski definition) is 2. The molecule has 0 saturated carbocycles. The molecular weight excluding hydrogens is 359 g/mol. The summed E-state index contributed by atoms with van der Waals surface area (Å²) in [7, 11) is 1.64. The Labute approximate surface area is 149 Å². The number of quaternary nitrogens is 1. The second-order valence-electron chi connectivity index (χ2n) is 6.85. The molecule has 25 heavy (non-hydrogen) atoms. The number of likely N-dealkylation sites (N-methyl/N-ethyl adjacent to an activating group) is 1. The number of carbonyl (C=O) groups is 2. The first-order chi connectivity index (χ1) is 11.3. The summed E-state index contributed by atoms with van der Waals surface area (Å²) in [5.41, 5.74) is -1.40. The first kappa shape index (κ1) is 21.2. The topological polar surface area (TPSA) is 62.6 Å². The van der Waals surface area contributed by atoms with Gasteiger partial charge in [0.2, 0.25) is 0 Å². The van der Waals surface area contributed by atoms with E-state index in [-0.39, 0.29) is 30.2 Å². The van der Waals surface area contributed by atoms with Crippen molar-refractivity contribution in [1.29, 1.82) is 0 Å².